The van der Waals surface area contributed by atoms with Crippen LogP contribution in [-0.4, -0.2) is 77.4 Å². The number of hydrogen-bond acceptors (Lipinski definition) is 4. The van der Waals surface area contributed by atoms with E-state index in [1.165, 1.54) is 11.8 Å². The van der Waals surface area contributed by atoms with Gasteiger partial charge in [0, 0.05) is 44.2 Å². The molecule has 2 aliphatic rings. The first-order valence-electron chi connectivity index (χ1n) is 8.69. The Morgan fingerprint density at radius 2 is 1.28 bits per heavy atom. The lowest BCUT2D eigenvalue weighted by molar-refractivity contribution is -0.152. The van der Waals surface area contributed by atoms with Crippen LogP contribution in [0, 0.1) is 0 Å². The maximum Gasteiger partial charge on any atom is 0.312 e. The van der Waals surface area contributed by atoms with Crippen LogP contribution in [0.2, 0.25) is 0 Å². The number of likely N-dealkylation sites (tertiary alicyclic amines) is 1. The van der Waals surface area contributed by atoms with E-state index < -0.39 is 11.8 Å². The number of nitrogens with zero attached hydrogens (tertiary/aromatic N) is 3. The Morgan fingerprint density at radius 1 is 0.760 bits per heavy atom. The van der Waals surface area contributed by atoms with Gasteiger partial charge in [-0.1, -0.05) is 18.2 Å². The fourth-order valence-electron chi connectivity index (χ4n) is 3.10. The Morgan fingerprint density at radius 3 is 1.88 bits per heavy atom. The topological polar surface area (TPSA) is 60.9 Å². The molecule has 2 heterocycles. The standard InChI is InChI=1S/C18H23N3O3S/c22-16(14-25-15-6-2-1-3-7-15)19-10-12-21(13-11-19)18(24)17(23)20-8-4-5-9-20/h1-3,6-7H,4-5,8-14H2. The average Bonchev–Trinajstić information content (AvgIpc) is 3.20. The van der Waals surface area contributed by atoms with Gasteiger partial charge in [0.05, 0.1) is 5.75 Å². The quantitative estimate of drug-likeness (QED) is 0.597. The summed E-state index contributed by atoms with van der Waals surface area (Å²) in [6.07, 6.45) is 1.95. The molecule has 0 N–H and O–H groups in total. The van der Waals surface area contributed by atoms with Crippen molar-refractivity contribution in [2.24, 2.45) is 0 Å². The number of benzene rings is 1. The Kier molecular flexibility index (Phi) is 5.96. The molecule has 6 nitrogen and oxygen atoms in total. The second kappa shape index (κ2) is 8.38. The molecule has 0 spiro atoms. The fraction of sp³-hybridized carbons (Fsp3) is 0.500. The summed E-state index contributed by atoms with van der Waals surface area (Å²) >= 11 is 1.52. The van der Waals surface area contributed by atoms with Gasteiger partial charge in [-0.25, -0.2) is 0 Å². The molecule has 0 unspecified atom stereocenters. The van der Waals surface area contributed by atoms with E-state index in [1.807, 2.05) is 30.3 Å². The summed E-state index contributed by atoms with van der Waals surface area (Å²) < 4.78 is 0. The molecule has 25 heavy (non-hydrogen) atoms. The maximum atomic E-state index is 12.3. The molecule has 0 radical (unpaired) electrons. The van der Waals surface area contributed by atoms with E-state index in [4.69, 9.17) is 0 Å². The molecule has 7 heteroatoms. The van der Waals surface area contributed by atoms with Gasteiger partial charge in [0.2, 0.25) is 5.91 Å². The Hall–Kier alpha value is -2.02. The van der Waals surface area contributed by atoms with E-state index in [0.717, 1.165) is 17.7 Å². The molecule has 3 amide bonds. The molecule has 1 aromatic rings. The highest BCUT2D eigenvalue weighted by molar-refractivity contribution is 8.00. The van der Waals surface area contributed by atoms with E-state index in [9.17, 15) is 14.4 Å². The molecule has 0 aromatic heterocycles. The number of amides is 3. The average molecular weight is 361 g/mol. The van der Waals surface area contributed by atoms with Crippen LogP contribution < -0.4 is 0 Å². The van der Waals surface area contributed by atoms with Crippen LogP contribution >= 0.6 is 11.8 Å². The first-order chi connectivity index (χ1) is 12.1. The zero-order valence-corrected chi connectivity index (χ0v) is 15.0. The minimum Gasteiger partial charge on any atom is -0.338 e. The van der Waals surface area contributed by atoms with Gasteiger partial charge in [-0.2, -0.15) is 0 Å². The Balaban J connectivity index is 1.44. The maximum absolute atomic E-state index is 12.3. The first-order valence-corrected chi connectivity index (χ1v) is 9.67. The van der Waals surface area contributed by atoms with Crippen molar-refractivity contribution in [1.82, 2.24) is 14.7 Å². The molecular formula is C18H23N3O3S. The van der Waals surface area contributed by atoms with Crippen LogP contribution in [0.15, 0.2) is 35.2 Å². The summed E-state index contributed by atoms with van der Waals surface area (Å²) in [5.74, 6) is -0.346. The van der Waals surface area contributed by atoms with E-state index in [0.29, 0.717) is 45.0 Å². The fourth-order valence-corrected chi connectivity index (χ4v) is 3.93. The van der Waals surface area contributed by atoms with Crippen LogP contribution in [0.3, 0.4) is 0 Å². The lowest BCUT2D eigenvalue weighted by Gasteiger charge is -2.35. The summed E-state index contributed by atoms with van der Waals surface area (Å²) in [5, 5.41) is 0. The first kappa shape index (κ1) is 17.8. The van der Waals surface area contributed by atoms with E-state index in [2.05, 4.69) is 0 Å². The third-order valence-electron chi connectivity index (χ3n) is 4.60. The van der Waals surface area contributed by atoms with E-state index in [-0.39, 0.29) is 5.91 Å². The van der Waals surface area contributed by atoms with E-state index in [1.54, 1.807) is 14.7 Å². The van der Waals surface area contributed by atoms with Crippen LogP contribution in [0.5, 0.6) is 0 Å². The number of piperazine rings is 1. The zero-order valence-electron chi connectivity index (χ0n) is 14.2. The van der Waals surface area contributed by atoms with Gasteiger partial charge in [0.1, 0.15) is 0 Å². The van der Waals surface area contributed by atoms with Gasteiger partial charge in [0.25, 0.3) is 0 Å². The van der Waals surface area contributed by atoms with Gasteiger partial charge < -0.3 is 14.7 Å². The largest absolute Gasteiger partial charge is 0.338 e. The SMILES string of the molecule is O=C(CSc1ccccc1)N1CCN(C(=O)C(=O)N2CCCC2)CC1. The smallest absolute Gasteiger partial charge is 0.312 e. The minimum atomic E-state index is -0.423. The molecule has 2 aliphatic heterocycles. The number of rotatable bonds is 3. The van der Waals surface area contributed by atoms with Crippen molar-refractivity contribution in [3.63, 3.8) is 0 Å². The normalized spacial score (nSPS) is 17.7. The molecule has 134 valence electrons. The predicted octanol–water partition coefficient (Wildman–Crippen LogP) is 1.07. The zero-order chi connectivity index (χ0) is 17.6. The van der Waals surface area contributed by atoms with Crippen molar-refractivity contribution in [3.05, 3.63) is 30.3 Å². The van der Waals surface area contributed by atoms with Crippen molar-refractivity contribution in [2.75, 3.05) is 45.0 Å². The summed E-state index contributed by atoms with van der Waals surface area (Å²) in [4.78, 5) is 42.8. The van der Waals surface area contributed by atoms with Crippen molar-refractivity contribution >= 4 is 29.5 Å². The number of thioether (sulfide) groups is 1. The molecule has 3 rings (SSSR count). The molecule has 0 saturated carbocycles. The van der Waals surface area contributed by atoms with Gasteiger partial charge in [0.15, 0.2) is 0 Å². The van der Waals surface area contributed by atoms with Crippen LogP contribution in [0.1, 0.15) is 12.8 Å². The number of carbonyl (C=O) groups is 3. The van der Waals surface area contributed by atoms with Crippen molar-refractivity contribution in [1.29, 1.82) is 0 Å². The highest BCUT2D eigenvalue weighted by Crippen LogP contribution is 2.18. The second-order valence-electron chi connectivity index (χ2n) is 6.27. The van der Waals surface area contributed by atoms with Crippen LogP contribution in [0.4, 0.5) is 0 Å². The van der Waals surface area contributed by atoms with Crippen LogP contribution in [-0.2, 0) is 14.4 Å². The predicted molar refractivity (Wildman–Crippen MR) is 96.1 cm³/mol. The minimum absolute atomic E-state index is 0.0758. The molecule has 2 fully saturated rings. The Bertz CT molecular complexity index is 624. The van der Waals surface area contributed by atoms with Crippen molar-refractivity contribution < 1.29 is 14.4 Å². The van der Waals surface area contributed by atoms with E-state index >= 15 is 0 Å². The molecule has 0 aliphatic carbocycles. The third kappa shape index (κ3) is 4.54. The monoisotopic (exact) mass is 361 g/mol. The lowest BCUT2D eigenvalue weighted by Crippen LogP contribution is -2.54. The highest BCUT2D eigenvalue weighted by atomic mass is 32.2. The summed E-state index contributed by atoms with van der Waals surface area (Å²) in [7, 11) is 0. The van der Waals surface area contributed by atoms with Gasteiger partial charge in [-0.15, -0.1) is 11.8 Å². The van der Waals surface area contributed by atoms with Gasteiger partial charge >= 0.3 is 11.8 Å². The van der Waals surface area contributed by atoms with Crippen molar-refractivity contribution in [3.8, 4) is 0 Å². The number of hydrogen-bond donors (Lipinski definition) is 0. The summed E-state index contributed by atoms with van der Waals surface area (Å²) in [6, 6.07) is 9.83. The number of carbonyl (C=O) groups excluding carboxylic acids is 3. The van der Waals surface area contributed by atoms with Crippen molar-refractivity contribution in [2.45, 2.75) is 17.7 Å². The lowest BCUT2D eigenvalue weighted by atomic mass is 10.3. The van der Waals surface area contributed by atoms with Gasteiger partial charge in [-0.05, 0) is 25.0 Å². The Labute approximate surface area is 152 Å². The summed E-state index contributed by atoms with van der Waals surface area (Å²) in [5.41, 5.74) is 0. The third-order valence-corrected chi connectivity index (χ3v) is 5.60. The molecule has 0 bridgehead atoms. The van der Waals surface area contributed by atoms with Gasteiger partial charge in [-0.3, -0.25) is 14.4 Å². The highest BCUT2D eigenvalue weighted by Gasteiger charge is 2.31. The second-order valence-corrected chi connectivity index (χ2v) is 7.32. The molecular weight excluding hydrogens is 338 g/mol. The molecule has 0 atom stereocenters. The summed E-state index contributed by atoms with van der Waals surface area (Å²) in [6.45, 7) is 3.21. The molecule has 1 aromatic carbocycles. The molecule has 2 saturated heterocycles. The van der Waals surface area contributed by atoms with Crippen LogP contribution in [0.25, 0.3) is 0 Å².